The number of Topliss-reactive ketones (excluding diaryl/α,β-unsaturated/α-hetero) is 1. The number of carbonyl (C=O) groups is 1. The van der Waals surface area contributed by atoms with Crippen molar-refractivity contribution in [1.82, 2.24) is 0 Å². The molecule has 1 aliphatic carbocycles. The largest absolute Gasteiger partial charge is 0.299 e. The number of halogens is 2. The van der Waals surface area contributed by atoms with E-state index >= 15 is 0 Å². The van der Waals surface area contributed by atoms with Crippen LogP contribution >= 0.6 is 0 Å². The summed E-state index contributed by atoms with van der Waals surface area (Å²) in [7, 11) is 0. The maximum absolute atomic E-state index is 13.5. The summed E-state index contributed by atoms with van der Waals surface area (Å²) in [5, 5.41) is 0. The molecule has 18 heavy (non-hydrogen) atoms. The van der Waals surface area contributed by atoms with Crippen molar-refractivity contribution >= 4 is 5.78 Å². The fourth-order valence-electron chi connectivity index (χ4n) is 2.98. The zero-order valence-electron chi connectivity index (χ0n) is 11.2. The first-order chi connectivity index (χ1) is 8.19. The van der Waals surface area contributed by atoms with Crippen LogP contribution in [0.15, 0.2) is 18.2 Å². The van der Waals surface area contributed by atoms with Gasteiger partial charge >= 0.3 is 0 Å². The lowest BCUT2D eigenvalue weighted by Crippen LogP contribution is -2.12. The van der Waals surface area contributed by atoms with Crippen molar-refractivity contribution in [1.29, 1.82) is 0 Å². The van der Waals surface area contributed by atoms with E-state index in [-0.39, 0.29) is 34.5 Å². The fourth-order valence-corrected chi connectivity index (χ4v) is 2.98. The zero-order chi connectivity index (χ0) is 13.7. The molecule has 0 atom stereocenters. The maximum Gasteiger partial charge on any atom is 0.141 e. The lowest BCUT2D eigenvalue weighted by molar-refractivity contribution is -0.120. The second-order valence-electron chi connectivity index (χ2n) is 6.22. The molecule has 0 aliphatic heterocycles. The third-order valence-electron chi connectivity index (χ3n) is 4.76. The molecule has 0 unspecified atom stereocenters. The summed E-state index contributed by atoms with van der Waals surface area (Å²) in [5.74, 6) is -1.47. The van der Waals surface area contributed by atoms with E-state index in [2.05, 4.69) is 0 Å². The molecule has 1 aromatic rings. The zero-order valence-corrected chi connectivity index (χ0v) is 11.2. The number of hydrogen-bond acceptors (Lipinski definition) is 1. The third-order valence-corrected chi connectivity index (χ3v) is 4.76. The van der Waals surface area contributed by atoms with Crippen LogP contribution in [0.4, 0.5) is 8.78 Å². The highest BCUT2D eigenvalue weighted by Crippen LogP contribution is 2.68. The van der Waals surface area contributed by atoms with Gasteiger partial charge in [-0.05, 0) is 23.0 Å². The molecule has 0 heterocycles. The Morgan fingerprint density at radius 1 is 1.11 bits per heavy atom. The average molecular weight is 252 g/mol. The molecule has 1 saturated carbocycles. The van der Waals surface area contributed by atoms with E-state index in [1.54, 1.807) is 0 Å². The van der Waals surface area contributed by atoms with E-state index in [1.165, 1.54) is 18.2 Å². The Balaban J connectivity index is 2.20. The molecule has 0 amide bonds. The molecule has 0 aromatic heterocycles. The van der Waals surface area contributed by atoms with Gasteiger partial charge in [0.1, 0.15) is 17.4 Å². The molecule has 1 nitrogen and oxygen atoms in total. The van der Waals surface area contributed by atoms with Crippen molar-refractivity contribution in [2.75, 3.05) is 0 Å². The highest BCUT2D eigenvalue weighted by molar-refractivity contribution is 5.88. The van der Waals surface area contributed by atoms with Gasteiger partial charge in [-0.15, -0.1) is 0 Å². The van der Waals surface area contributed by atoms with Gasteiger partial charge in [0, 0.05) is 17.9 Å². The number of carbonyl (C=O) groups excluding carboxylic acids is 1. The number of hydrogen-bond donors (Lipinski definition) is 0. The molecule has 0 N–H and O–H groups in total. The van der Waals surface area contributed by atoms with E-state index in [0.717, 1.165) is 0 Å². The van der Waals surface area contributed by atoms with E-state index in [4.69, 9.17) is 0 Å². The summed E-state index contributed by atoms with van der Waals surface area (Å²) < 4.78 is 27.0. The first-order valence-electron chi connectivity index (χ1n) is 6.15. The molecule has 0 bridgehead atoms. The molecule has 2 rings (SSSR count). The Morgan fingerprint density at radius 3 is 1.94 bits per heavy atom. The summed E-state index contributed by atoms with van der Waals surface area (Å²) in [5.41, 5.74) is -0.293. The van der Waals surface area contributed by atoms with Crippen LogP contribution in [-0.4, -0.2) is 5.78 Å². The van der Waals surface area contributed by atoms with Crippen molar-refractivity contribution in [2.45, 2.75) is 34.1 Å². The second-order valence-corrected chi connectivity index (χ2v) is 6.22. The summed E-state index contributed by atoms with van der Waals surface area (Å²) >= 11 is 0. The van der Waals surface area contributed by atoms with Crippen LogP contribution in [0.1, 0.15) is 33.3 Å². The molecule has 1 aliphatic rings. The molecule has 0 spiro atoms. The first kappa shape index (κ1) is 13.2. The number of benzene rings is 1. The van der Waals surface area contributed by atoms with Gasteiger partial charge < -0.3 is 0 Å². The Hall–Kier alpha value is -1.25. The minimum Gasteiger partial charge on any atom is -0.299 e. The number of rotatable bonds is 3. The van der Waals surface area contributed by atoms with Crippen molar-refractivity contribution < 1.29 is 13.6 Å². The van der Waals surface area contributed by atoms with Gasteiger partial charge in [-0.25, -0.2) is 8.78 Å². The minimum absolute atomic E-state index is 0.0750. The highest BCUT2D eigenvalue weighted by Gasteiger charge is 2.67. The quantitative estimate of drug-likeness (QED) is 0.800. The van der Waals surface area contributed by atoms with Gasteiger partial charge in [0.15, 0.2) is 0 Å². The smallest absolute Gasteiger partial charge is 0.141 e. The summed E-state index contributed by atoms with van der Waals surface area (Å²) in [6, 6.07) is 3.69. The van der Waals surface area contributed by atoms with Crippen molar-refractivity contribution in [2.24, 2.45) is 16.7 Å². The maximum atomic E-state index is 13.5. The van der Waals surface area contributed by atoms with Crippen LogP contribution in [0.3, 0.4) is 0 Å². The Morgan fingerprint density at radius 2 is 1.56 bits per heavy atom. The topological polar surface area (TPSA) is 17.1 Å². The molecule has 0 saturated heterocycles. The molecule has 0 radical (unpaired) electrons. The molecular weight excluding hydrogens is 234 g/mol. The summed E-state index contributed by atoms with van der Waals surface area (Å²) in [6.45, 7) is 8.08. The van der Waals surface area contributed by atoms with Gasteiger partial charge in [-0.3, -0.25) is 4.79 Å². The molecule has 3 heteroatoms. The standard InChI is InChI=1S/C15H18F2O/c1-14(2)13(15(14,3)4)12(18)8-9-10(16)6-5-7-11(9)17/h5-7,13H,8H2,1-4H3. The van der Waals surface area contributed by atoms with Crippen molar-refractivity contribution in [3.8, 4) is 0 Å². The second kappa shape index (κ2) is 3.87. The van der Waals surface area contributed by atoms with E-state index in [9.17, 15) is 13.6 Å². The normalized spacial score (nSPS) is 20.8. The Kier molecular flexibility index (Phi) is 2.84. The number of ketones is 1. The third kappa shape index (κ3) is 1.76. The SMILES string of the molecule is CC1(C)C(C(=O)Cc2c(F)cccc2F)C1(C)C. The molecular formula is C15H18F2O. The fraction of sp³-hybridized carbons (Fsp3) is 0.533. The van der Waals surface area contributed by atoms with Crippen LogP contribution < -0.4 is 0 Å². The van der Waals surface area contributed by atoms with Crippen LogP contribution in [0.5, 0.6) is 0 Å². The average Bonchev–Trinajstić information content (AvgIpc) is 2.63. The monoisotopic (exact) mass is 252 g/mol. The van der Waals surface area contributed by atoms with Crippen LogP contribution in [-0.2, 0) is 11.2 Å². The Labute approximate surface area is 106 Å². The lowest BCUT2D eigenvalue weighted by atomic mass is 10.0. The van der Waals surface area contributed by atoms with Crippen molar-refractivity contribution in [3.63, 3.8) is 0 Å². The predicted molar refractivity (Wildman–Crippen MR) is 66.1 cm³/mol. The molecule has 1 aromatic carbocycles. The summed E-state index contributed by atoms with van der Waals surface area (Å²) in [6.07, 6.45) is -0.157. The van der Waals surface area contributed by atoms with E-state index < -0.39 is 11.6 Å². The van der Waals surface area contributed by atoms with Gasteiger partial charge in [0.25, 0.3) is 0 Å². The van der Waals surface area contributed by atoms with E-state index in [1.807, 2.05) is 27.7 Å². The van der Waals surface area contributed by atoms with Gasteiger partial charge in [0.2, 0.25) is 0 Å². The minimum atomic E-state index is -0.639. The summed E-state index contributed by atoms with van der Waals surface area (Å²) in [4.78, 5) is 12.2. The van der Waals surface area contributed by atoms with Gasteiger partial charge in [0.05, 0.1) is 0 Å². The van der Waals surface area contributed by atoms with Crippen molar-refractivity contribution in [3.05, 3.63) is 35.4 Å². The van der Waals surface area contributed by atoms with Crippen LogP contribution in [0.25, 0.3) is 0 Å². The highest BCUT2D eigenvalue weighted by atomic mass is 19.1. The van der Waals surface area contributed by atoms with Gasteiger partial charge in [-0.1, -0.05) is 33.8 Å². The van der Waals surface area contributed by atoms with Crippen LogP contribution in [0, 0.1) is 28.4 Å². The van der Waals surface area contributed by atoms with Gasteiger partial charge in [-0.2, -0.15) is 0 Å². The predicted octanol–water partition coefficient (Wildman–Crippen LogP) is 3.76. The molecule has 1 fully saturated rings. The van der Waals surface area contributed by atoms with Crippen LogP contribution in [0.2, 0.25) is 0 Å². The lowest BCUT2D eigenvalue weighted by Gasteiger charge is -2.05. The molecule has 98 valence electrons. The van der Waals surface area contributed by atoms with E-state index in [0.29, 0.717) is 0 Å². The first-order valence-corrected chi connectivity index (χ1v) is 6.15. The Bertz CT molecular complexity index is 469.